The summed E-state index contributed by atoms with van der Waals surface area (Å²) in [6, 6.07) is 31.2. The monoisotopic (exact) mass is 538 g/mol. The Morgan fingerprint density at radius 1 is 0.763 bits per heavy atom. The highest BCUT2D eigenvalue weighted by Crippen LogP contribution is 2.33. The Kier molecular flexibility index (Phi) is 8.50. The Hall–Kier alpha value is -4.50. The molecule has 0 heterocycles. The van der Waals surface area contributed by atoms with Gasteiger partial charge in [0, 0.05) is 39.7 Å². The van der Waals surface area contributed by atoms with Gasteiger partial charge in [-0.2, -0.15) is 5.26 Å². The van der Waals surface area contributed by atoms with Gasteiger partial charge in [0.1, 0.15) is 6.07 Å². The van der Waals surface area contributed by atoms with E-state index in [4.69, 9.17) is 23.2 Å². The summed E-state index contributed by atoms with van der Waals surface area (Å²) in [5.41, 5.74) is 4.03. The smallest absolute Gasteiger partial charge is 0.269 e. The summed E-state index contributed by atoms with van der Waals surface area (Å²) in [5.74, 6) is -0.110. The van der Waals surface area contributed by atoms with Crippen LogP contribution in [0, 0.1) is 21.4 Å². The second-order valence-corrected chi connectivity index (χ2v) is 9.23. The number of nitriles is 1. The fourth-order valence-corrected chi connectivity index (χ4v) is 4.19. The van der Waals surface area contributed by atoms with Crippen LogP contribution >= 0.6 is 23.2 Å². The van der Waals surface area contributed by atoms with Crippen molar-refractivity contribution in [2.45, 2.75) is 6.42 Å². The minimum atomic E-state index is -0.491. The number of nitro benzene ring substituents is 1. The van der Waals surface area contributed by atoms with Crippen molar-refractivity contribution in [1.29, 1.82) is 5.26 Å². The molecule has 0 aromatic heterocycles. The number of rotatable bonds is 8. The van der Waals surface area contributed by atoms with Crippen molar-refractivity contribution in [2.24, 2.45) is 0 Å². The van der Waals surface area contributed by atoms with Crippen LogP contribution in [0.15, 0.2) is 109 Å². The van der Waals surface area contributed by atoms with Crippen LogP contribution in [0.5, 0.6) is 0 Å². The van der Waals surface area contributed by atoms with Crippen molar-refractivity contribution in [3.8, 4) is 6.07 Å². The Morgan fingerprint density at radius 3 is 1.82 bits per heavy atom. The van der Waals surface area contributed by atoms with E-state index >= 15 is 0 Å². The Morgan fingerprint density at radius 2 is 1.29 bits per heavy atom. The zero-order chi connectivity index (χ0) is 27.1. The van der Waals surface area contributed by atoms with Crippen molar-refractivity contribution < 1.29 is 9.72 Å². The largest absolute Gasteiger partial charge is 0.294 e. The van der Waals surface area contributed by atoms with Gasteiger partial charge in [0.15, 0.2) is 5.78 Å². The predicted molar refractivity (Wildman–Crippen MR) is 152 cm³/mol. The zero-order valence-corrected chi connectivity index (χ0v) is 21.5. The molecule has 4 aromatic rings. The van der Waals surface area contributed by atoms with Crippen molar-refractivity contribution in [1.82, 2.24) is 0 Å². The van der Waals surface area contributed by atoms with Crippen LogP contribution in [0.2, 0.25) is 10.0 Å². The summed E-state index contributed by atoms with van der Waals surface area (Å²) in [6.45, 7) is 0. The molecule has 0 unspecified atom stereocenters. The van der Waals surface area contributed by atoms with Crippen LogP contribution < -0.4 is 0 Å². The van der Waals surface area contributed by atoms with Gasteiger partial charge in [0.05, 0.1) is 10.5 Å². The Bertz CT molecular complexity index is 1570. The zero-order valence-electron chi connectivity index (χ0n) is 20.0. The maximum atomic E-state index is 13.3. The van der Waals surface area contributed by atoms with Gasteiger partial charge in [-0.15, -0.1) is 0 Å². The average molecular weight is 539 g/mol. The molecule has 0 saturated heterocycles. The molecule has 0 spiro atoms. The molecule has 7 heteroatoms. The number of allylic oxidation sites excluding steroid dienone is 4. The lowest BCUT2D eigenvalue weighted by Crippen LogP contribution is -2.01. The number of benzene rings is 4. The van der Waals surface area contributed by atoms with Gasteiger partial charge < -0.3 is 0 Å². The molecule has 0 aliphatic heterocycles. The number of nitro groups is 1. The highest BCUT2D eigenvalue weighted by atomic mass is 35.5. The van der Waals surface area contributed by atoms with Crippen LogP contribution in [0.1, 0.15) is 33.5 Å². The van der Waals surface area contributed by atoms with Crippen LogP contribution in [0.3, 0.4) is 0 Å². The van der Waals surface area contributed by atoms with E-state index in [1.54, 1.807) is 60.7 Å². The van der Waals surface area contributed by atoms with Gasteiger partial charge >= 0.3 is 0 Å². The molecule has 4 rings (SSSR count). The predicted octanol–water partition coefficient (Wildman–Crippen LogP) is 8.69. The van der Waals surface area contributed by atoms with E-state index in [-0.39, 0.29) is 17.9 Å². The van der Waals surface area contributed by atoms with Crippen molar-refractivity contribution in [3.05, 3.63) is 152 Å². The summed E-state index contributed by atoms with van der Waals surface area (Å²) in [7, 11) is 0. The van der Waals surface area contributed by atoms with Crippen LogP contribution in [0.25, 0.3) is 16.7 Å². The quantitative estimate of drug-likeness (QED) is 0.0560. The number of carbonyl (C=O) groups excluding carboxylic acids is 1. The van der Waals surface area contributed by atoms with Crippen molar-refractivity contribution in [3.63, 3.8) is 0 Å². The Balaban J connectivity index is 1.91. The molecule has 0 amide bonds. The van der Waals surface area contributed by atoms with Gasteiger partial charge in [-0.3, -0.25) is 14.9 Å². The fraction of sp³-hybridized carbons (Fsp3) is 0.0323. The number of non-ortho nitro benzene ring substituents is 1. The number of hydrogen-bond donors (Lipinski definition) is 0. The summed E-state index contributed by atoms with van der Waals surface area (Å²) in [5, 5.41) is 22.5. The third-order valence-electron chi connectivity index (χ3n) is 5.88. The summed E-state index contributed by atoms with van der Waals surface area (Å²) < 4.78 is 0. The summed E-state index contributed by atoms with van der Waals surface area (Å²) >= 11 is 12.1. The summed E-state index contributed by atoms with van der Waals surface area (Å²) in [6.07, 6.45) is 1.90. The number of nitrogens with zero attached hydrogens (tertiary/aromatic N) is 2. The molecule has 0 saturated carbocycles. The molecule has 186 valence electrons. The van der Waals surface area contributed by atoms with E-state index < -0.39 is 4.92 Å². The minimum Gasteiger partial charge on any atom is -0.294 e. The first-order chi connectivity index (χ1) is 18.4. The van der Waals surface area contributed by atoms with Gasteiger partial charge in [-0.1, -0.05) is 65.7 Å². The molecule has 38 heavy (non-hydrogen) atoms. The molecule has 4 aromatic carbocycles. The second-order valence-electron chi connectivity index (χ2n) is 8.35. The highest BCUT2D eigenvalue weighted by Gasteiger charge is 2.16. The molecule has 0 aliphatic rings. The minimum absolute atomic E-state index is 0.0711. The second kappa shape index (κ2) is 12.2. The van der Waals surface area contributed by atoms with Crippen LogP contribution in [-0.4, -0.2) is 10.7 Å². The SMILES string of the molecule is N#CC(=C(C=C(CC(=O)c1ccc(Cl)cc1)c1ccccc1)c1ccc(Cl)cc1)c1ccc([N+](=O)[O-])cc1. The van der Waals surface area contributed by atoms with Crippen LogP contribution in [0.4, 0.5) is 5.69 Å². The first-order valence-electron chi connectivity index (χ1n) is 11.6. The maximum absolute atomic E-state index is 13.3. The van der Waals surface area contributed by atoms with E-state index in [2.05, 4.69) is 6.07 Å². The standard InChI is InChI=1S/C31H20Cl2N2O3/c32-26-12-6-22(7-13-26)29(30(20-34)23-10-16-28(17-11-23)35(37)38)18-25(21-4-2-1-3-5-21)19-31(36)24-8-14-27(33)15-9-24/h1-18H,19H2. The van der Waals surface area contributed by atoms with Gasteiger partial charge in [-0.25, -0.2) is 0 Å². The van der Waals surface area contributed by atoms with E-state index in [9.17, 15) is 20.2 Å². The van der Waals surface area contributed by atoms with E-state index in [0.717, 1.165) is 5.56 Å². The molecular formula is C31H20Cl2N2O3. The number of hydrogen-bond acceptors (Lipinski definition) is 4. The number of Topliss-reactive ketones (excluding diaryl/α,β-unsaturated/α-hetero) is 1. The molecular weight excluding hydrogens is 519 g/mol. The van der Waals surface area contributed by atoms with Crippen molar-refractivity contribution >= 4 is 51.4 Å². The normalized spacial score (nSPS) is 11.9. The molecule has 0 fully saturated rings. The van der Waals surface area contributed by atoms with Crippen LogP contribution in [-0.2, 0) is 0 Å². The third-order valence-corrected chi connectivity index (χ3v) is 6.39. The Labute approximate surface area is 230 Å². The lowest BCUT2D eigenvalue weighted by atomic mass is 9.90. The van der Waals surface area contributed by atoms with Crippen molar-refractivity contribution in [2.75, 3.05) is 0 Å². The number of carbonyl (C=O) groups is 1. The van der Waals surface area contributed by atoms with E-state index in [0.29, 0.717) is 43.5 Å². The van der Waals surface area contributed by atoms with E-state index in [1.165, 1.54) is 12.1 Å². The molecule has 0 bridgehead atoms. The van der Waals surface area contributed by atoms with Gasteiger partial charge in [-0.05, 0) is 76.9 Å². The molecule has 0 aliphatic carbocycles. The topological polar surface area (TPSA) is 84.0 Å². The first-order valence-corrected chi connectivity index (χ1v) is 12.3. The lowest BCUT2D eigenvalue weighted by molar-refractivity contribution is -0.384. The van der Waals surface area contributed by atoms with Gasteiger partial charge in [0.25, 0.3) is 5.69 Å². The van der Waals surface area contributed by atoms with E-state index in [1.807, 2.05) is 36.4 Å². The fourth-order valence-electron chi connectivity index (χ4n) is 3.93. The number of ketones is 1. The molecule has 5 nitrogen and oxygen atoms in total. The average Bonchev–Trinajstić information content (AvgIpc) is 2.94. The third kappa shape index (κ3) is 6.43. The van der Waals surface area contributed by atoms with Gasteiger partial charge in [0.2, 0.25) is 0 Å². The highest BCUT2D eigenvalue weighted by molar-refractivity contribution is 6.31. The maximum Gasteiger partial charge on any atom is 0.269 e. The molecule has 0 radical (unpaired) electrons. The molecule has 0 N–H and O–H groups in total. The molecule has 0 atom stereocenters. The summed E-state index contributed by atoms with van der Waals surface area (Å²) in [4.78, 5) is 23.9. The number of halogens is 2. The first kappa shape index (κ1) is 26.6. The lowest BCUT2D eigenvalue weighted by Gasteiger charge is -2.13.